The molecule has 2 N–H and O–H groups in total. The summed E-state index contributed by atoms with van der Waals surface area (Å²) < 4.78 is 5.97. The largest absolute Gasteiger partial charge is 0.481 e. The number of halogens is 1. The highest BCUT2D eigenvalue weighted by atomic mass is 35.5. The summed E-state index contributed by atoms with van der Waals surface area (Å²) in [5.74, 6) is 0.179. The Kier molecular flexibility index (Phi) is 7.68. The first kappa shape index (κ1) is 22.4. The van der Waals surface area contributed by atoms with Crippen LogP contribution in [0, 0.1) is 0 Å². The lowest BCUT2D eigenvalue weighted by atomic mass is 10.0. The number of rotatable bonds is 9. The zero-order chi connectivity index (χ0) is 22.2. The molecule has 0 aliphatic heterocycles. The van der Waals surface area contributed by atoms with E-state index in [0.717, 1.165) is 23.1 Å². The van der Waals surface area contributed by atoms with Crippen LogP contribution in [0.15, 0.2) is 66.7 Å². The van der Waals surface area contributed by atoms with Crippen LogP contribution in [0.4, 0.5) is 0 Å². The highest BCUT2D eigenvalue weighted by molar-refractivity contribution is 6.30. The molecule has 0 unspecified atom stereocenters. The summed E-state index contributed by atoms with van der Waals surface area (Å²) in [7, 11) is 0. The van der Waals surface area contributed by atoms with Crippen LogP contribution in [0.1, 0.15) is 34.0 Å². The minimum atomic E-state index is -0.877. The molecule has 0 aromatic heterocycles. The monoisotopic (exact) mass is 437 g/mol. The summed E-state index contributed by atoms with van der Waals surface area (Å²) in [4.78, 5) is 23.5. The van der Waals surface area contributed by atoms with Crippen molar-refractivity contribution >= 4 is 23.5 Å². The minimum absolute atomic E-state index is 0.0461. The van der Waals surface area contributed by atoms with Gasteiger partial charge in [0.1, 0.15) is 11.5 Å². The fraction of sp³-hybridized carbons (Fsp3) is 0.200. The van der Waals surface area contributed by atoms with Crippen LogP contribution in [0.2, 0.25) is 5.02 Å². The van der Waals surface area contributed by atoms with Gasteiger partial charge in [0, 0.05) is 17.1 Å². The molecule has 3 aromatic rings. The van der Waals surface area contributed by atoms with E-state index < -0.39 is 5.97 Å². The van der Waals surface area contributed by atoms with E-state index in [-0.39, 0.29) is 12.3 Å². The van der Waals surface area contributed by atoms with Gasteiger partial charge in [-0.25, -0.2) is 0 Å². The van der Waals surface area contributed by atoms with E-state index in [9.17, 15) is 9.59 Å². The number of ether oxygens (including phenoxy) is 1. The van der Waals surface area contributed by atoms with Gasteiger partial charge in [-0.3, -0.25) is 9.59 Å². The van der Waals surface area contributed by atoms with Gasteiger partial charge >= 0.3 is 5.97 Å². The molecule has 0 aliphatic carbocycles. The van der Waals surface area contributed by atoms with Crippen molar-refractivity contribution in [3.8, 4) is 11.5 Å². The number of hydrogen-bond donors (Lipinski definition) is 2. The van der Waals surface area contributed by atoms with Gasteiger partial charge in [-0.05, 0) is 72.0 Å². The van der Waals surface area contributed by atoms with Crippen molar-refractivity contribution in [2.24, 2.45) is 0 Å². The van der Waals surface area contributed by atoms with Crippen LogP contribution in [-0.2, 0) is 24.1 Å². The van der Waals surface area contributed by atoms with E-state index >= 15 is 0 Å². The zero-order valence-corrected chi connectivity index (χ0v) is 18.0. The number of amides is 1. The Labute approximate surface area is 186 Å². The molecule has 0 fully saturated rings. The van der Waals surface area contributed by atoms with Gasteiger partial charge in [-0.2, -0.15) is 0 Å². The Bertz CT molecular complexity index is 1050. The Morgan fingerprint density at radius 3 is 2.35 bits per heavy atom. The zero-order valence-electron chi connectivity index (χ0n) is 17.2. The highest BCUT2D eigenvalue weighted by Crippen LogP contribution is 2.29. The van der Waals surface area contributed by atoms with E-state index in [4.69, 9.17) is 21.4 Å². The van der Waals surface area contributed by atoms with Crippen LogP contribution in [0.5, 0.6) is 11.5 Å². The number of carbonyl (C=O) groups excluding carboxylic acids is 1. The van der Waals surface area contributed by atoms with Crippen LogP contribution < -0.4 is 10.1 Å². The molecule has 160 valence electrons. The molecule has 0 radical (unpaired) electrons. The lowest BCUT2D eigenvalue weighted by Crippen LogP contribution is -2.25. The fourth-order valence-electron chi connectivity index (χ4n) is 3.31. The van der Waals surface area contributed by atoms with Crippen molar-refractivity contribution < 1.29 is 19.4 Å². The van der Waals surface area contributed by atoms with Gasteiger partial charge in [0.05, 0.1) is 6.42 Å². The molecule has 0 saturated carbocycles. The van der Waals surface area contributed by atoms with Crippen molar-refractivity contribution in [3.63, 3.8) is 0 Å². The molecule has 0 atom stereocenters. The molecular weight excluding hydrogens is 414 g/mol. The van der Waals surface area contributed by atoms with Crippen LogP contribution >= 0.6 is 11.6 Å². The fourth-order valence-corrected chi connectivity index (χ4v) is 3.44. The average Bonchev–Trinajstić information content (AvgIpc) is 2.75. The third-order valence-electron chi connectivity index (χ3n) is 4.88. The van der Waals surface area contributed by atoms with Gasteiger partial charge < -0.3 is 15.2 Å². The molecule has 0 heterocycles. The van der Waals surface area contributed by atoms with Gasteiger partial charge in [-0.1, -0.05) is 42.8 Å². The molecule has 5 nitrogen and oxygen atoms in total. The Hall–Kier alpha value is -3.31. The molecule has 6 heteroatoms. The third-order valence-corrected chi connectivity index (χ3v) is 5.13. The lowest BCUT2D eigenvalue weighted by molar-refractivity contribution is -0.136. The SMILES string of the molecule is CCc1c(CC(=O)O)cccc1Oc1ccc(C(=O)NCCc2ccc(Cl)cc2)cc1. The number of nitrogens with one attached hydrogen (secondary N) is 1. The van der Waals surface area contributed by atoms with Crippen molar-refractivity contribution in [1.29, 1.82) is 0 Å². The first-order chi connectivity index (χ1) is 15.0. The predicted molar refractivity (Wildman–Crippen MR) is 121 cm³/mol. The molecule has 0 saturated heterocycles. The topological polar surface area (TPSA) is 75.6 Å². The van der Waals surface area contributed by atoms with Crippen molar-refractivity contribution in [2.45, 2.75) is 26.2 Å². The summed E-state index contributed by atoms with van der Waals surface area (Å²) in [6.07, 6.45) is 1.33. The standard InChI is InChI=1S/C25H24ClNO4/c1-2-22-19(16-24(28)29)4-3-5-23(22)31-21-12-8-18(9-13-21)25(30)27-15-14-17-6-10-20(26)11-7-17/h3-13H,2,14-16H2,1H3,(H,27,30)(H,28,29). The molecule has 1 amide bonds. The lowest BCUT2D eigenvalue weighted by Gasteiger charge is -2.14. The molecular formula is C25H24ClNO4. The number of hydrogen-bond acceptors (Lipinski definition) is 3. The summed E-state index contributed by atoms with van der Waals surface area (Å²) >= 11 is 5.88. The third kappa shape index (κ3) is 6.33. The maximum atomic E-state index is 12.4. The number of carboxylic acids is 1. The second-order valence-electron chi connectivity index (χ2n) is 7.08. The highest BCUT2D eigenvalue weighted by Gasteiger charge is 2.12. The average molecular weight is 438 g/mol. The predicted octanol–water partition coefficient (Wildman–Crippen LogP) is 5.29. The van der Waals surface area contributed by atoms with E-state index in [0.29, 0.717) is 35.1 Å². The Morgan fingerprint density at radius 2 is 1.71 bits per heavy atom. The molecule has 31 heavy (non-hydrogen) atoms. The molecule has 0 spiro atoms. The second kappa shape index (κ2) is 10.6. The second-order valence-corrected chi connectivity index (χ2v) is 7.51. The van der Waals surface area contributed by atoms with Gasteiger partial charge in [0.15, 0.2) is 0 Å². The first-order valence-electron chi connectivity index (χ1n) is 10.1. The number of carboxylic acid groups (broad SMARTS) is 1. The van der Waals surface area contributed by atoms with Gasteiger partial charge in [0.25, 0.3) is 5.91 Å². The normalized spacial score (nSPS) is 10.5. The van der Waals surface area contributed by atoms with Gasteiger partial charge in [-0.15, -0.1) is 0 Å². The summed E-state index contributed by atoms with van der Waals surface area (Å²) in [6.45, 7) is 2.49. The maximum Gasteiger partial charge on any atom is 0.307 e. The quantitative estimate of drug-likeness (QED) is 0.476. The number of benzene rings is 3. The summed E-state index contributed by atoms with van der Waals surface area (Å²) in [6, 6.07) is 19.8. The molecule has 0 aliphatic rings. The van der Waals surface area contributed by atoms with Crippen molar-refractivity contribution in [2.75, 3.05) is 6.54 Å². The van der Waals surface area contributed by atoms with E-state index in [1.807, 2.05) is 37.3 Å². The number of aliphatic carboxylic acids is 1. The van der Waals surface area contributed by atoms with Gasteiger partial charge in [0.2, 0.25) is 0 Å². The van der Waals surface area contributed by atoms with Crippen LogP contribution in [-0.4, -0.2) is 23.5 Å². The van der Waals surface area contributed by atoms with Crippen LogP contribution in [0.25, 0.3) is 0 Å². The Balaban J connectivity index is 1.60. The van der Waals surface area contributed by atoms with E-state index in [2.05, 4.69) is 5.32 Å². The summed E-state index contributed by atoms with van der Waals surface area (Å²) in [5.41, 5.74) is 3.25. The number of carbonyl (C=O) groups is 2. The van der Waals surface area contributed by atoms with Crippen molar-refractivity contribution in [1.82, 2.24) is 5.32 Å². The smallest absolute Gasteiger partial charge is 0.307 e. The molecule has 3 aromatic carbocycles. The van der Waals surface area contributed by atoms with E-state index in [1.165, 1.54) is 0 Å². The van der Waals surface area contributed by atoms with E-state index in [1.54, 1.807) is 36.4 Å². The maximum absolute atomic E-state index is 12.4. The van der Waals surface area contributed by atoms with Crippen molar-refractivity contribution in [3.05, 3.63) is 94.0 Å². The van der Waals surface area contributed by atoms with Crippen LogP contribution in [0.3, 0.4) is 0 Å². The molecule has 0 bridgehead atoms. The molecule has 3 rings (SSSR count). The Morgan fingerprint density at radius 1 is 1.00 bits per heavy atom. The minimum Gasteiger partial charge on any atom is -0.481 e. The summed E-state index contributed by atoms with van der Waals surface area (Å²) in [5, 5.41) is 12.7. The first-order valence-corrected chi connectivity index (χ1v) is 10.5.